The van der Waals surface area contributed by atoms with Gasteiger partial charge in [0.1, 0.15) is 12.4 Å². The lowest BCUT2D eigenvalue weighted by atomic mass is 10.1. The number of hydrogen-bond donors (Lipinski definition) is 1. The molecule has 0 saturated heterocycles. The van der Waals surface area contributed by atoms with Crippen LogP contribution < -0.4 is 10.1 Å². The van der Waals surface area contributed by atoms with Crippen LogP contribution in [-0.4, -0.2) is 17.9 Å². The Hall–Kier alpha value is -2.13. The third kappa shape index (κ3) is 5.34. The number of benzene rings is 2. The molecule has 0 bridgehead atoms. The first-order chi connectivity index (χ1) is 10.4. The maximum atomic E-state index is 12.2. The molecule has 0 heterocycles. The van der Waals surface area contributed by atoms with Gasteiger partial charge < -0.3 is 10.1 Å². The van der Waals surface area contributed by atoms with Crippen molar-refractivity contribution in [1.29, 1.82) is 0 Å². The molecule has 0 atom stereocenters. The second-order valence-electron chi connectivity index (χ2n) is 6.33. The van der Waals surface area contributed by atoms with Gasteiger partial charge in [-0.15, -0.1) is 0 Å². The molecule has 3 nitrogen and oxygen atoms in total. The minimum atomic E-state index is -0.0723. The maximum Gasteiger partial charge on any atom is 0.176 e. The molecule has 22 heavy (non-hydrogen) atoms. The normalized spacial score (nSPS) is 11.2. The average molecular weight is 297 g/mol. The van der Waals surface area contributed by atoms with Crippen LogP contribution in [0.2, 0.25) is 0 Å². The summed E-state index contributed by atoms with van der Waals surface area (Å²) in [7, 11) is 0. The van der Waals surface area contributed by atoms with E-state index in [-0.39, 0.29) is 11.3 Å². The molecule has 0 fully saturated rings. The maximum absolute atomic E-state index is 12.2. The Morgan fingerprint density at radius 1 is 1.05 bits per heavy atom. The van der Waals surface area contributed by atoms with Crippen molar-refractivity contribution in [2.24, 2.45) is 0 Å². The van der Waals surface area contributed by atoms with Crippen molar-refractivity contribution >= 4 is 5.78 Å². The van der Waals surface area contributed by atoms with E-state index >= 15 is 0 Å². The van der Waals surface area contributed by atoms with Crippen molar-refractivity contribution in [2.75, 3.05) is 6.54 Å². The number of carbonyl (C=O) groups is 1. The number of carbonyl (C=O) groups excluding carboxylic acids is 1. The van der Waals surface area contributed by atoms with Crippen LogP contribution in [0.15, 0.2) is 54.6 Å². The van der Waals surface area contributed by atoms with Gasteiger partial charge in [-0.05, 0) is 38.5 Å². The average Bonchev–Trinajstić information content (AvgIpc) is 2.51. The van der Waals surface area contributed by atoms with Crippen molar-refractivity contribution in [3.05, 3.63) is 65.7 Å². The number of hydrogen-bond acceptors (Lipinski definition) is 3. The molecule has 116 valence electrons. The SMILES string of the molecule is CC(C)(C)NCC(=O)c1cccc(OCc2ccccc2)c1. The Kier molecular flexibility index (Phi) is 5.34. The second kappa shape index (κ2) is 7.23. The number of rotatable bonds is 6. The highest BCUT2D eigenvalue weighted by Gasteiger charge is 2.13. The third-order valence-corrected chi connectivity index (χ3v) is 3.18. The van der Waals surface area contributed by atoms with Crippen LogP contribution >= 0.6 is 0 Å². The molecular formula is C19H23NO2. The van der Waals surface area contributed by atoms with E-state index in [1.807, 2.05) is 69.3 Å². The molecule has 0 aliphatic rings. The van der Waals surface area contributed by atoms with E-state index < -0.39 is 0 Å². The Balaban J connectivity index is 1.96. The van der Waals surface area contributed by atoms with Gasteiger partial charge in [-0.2, -0.15) is 0 Å². The Morgan fingerprint density at radius 3 is 2.45 bits per heavy atom. The van der Waals surface area contributed by atoms with Crippen LogP contribution in [0.3, 0.4) is 0 Å². The van der Waals surface area contributed by atoms with Crippen molar-refractivity contribution in [3.8, 4) is 5.75 Å². The number of nitrogens with one attached hydrogen (secondary N) is 1. The molecule has 2 rings (SSSR count). The zero-order valence-electron chi connectivity index (χ0n) is 13.4. The van der Waals surface area contributed by atoms with Gasteiger partial charge in [0.25, 0.3) is 0 Å². The van der Waals surface area contributed by atoms with Crippen molar-refractivity contribution < 1.29 is 9.53 Å². The number of Topliss-reactive ketones (excluding diaryl/α,β-unsaturated/α-hetero) is 1. The van der Waals surface area contributed by atoms with Crippen molar-refractivity contribution in [2.45, 2.75) is 32.9 Å². The van der Waals surface area contributed by atoms with Crippen LogP contribution in [0.4, 0.5) is 0 Å². The minimum absolute atomic E-state index is 0.0695. The molecule has 0 aliphatic carbocycles. The smallest absolute Gasteiger partial charge is 0.176 e. The van der Waals surface area contributed by atoms with E-state index in [4.69, 9.17) is 4.74 Å². The molecule has 3 heteroatoms. The van der Waals surface area contributed by atoms with E-state index in [0.29, 0.717) is 24.5 Å². The molecule has 0 unspecified atom stereocenters. The van der Waals surface area contributed by atoms with E-state index in [2.05, 4.69) is 5.32 Å². The standard InChI is InChI=1S/C19H23NO2/c1-19(2,3)20-13-18(21)16-10-7-11-17(12-16)22-14-15-8-5-4-6-9-15/h4-12,20H,13-14H2,1-3H3. The zero-order valence-corrected chi connectivity index (χ0v) is 13.4. The van der Waals surface area contributed by atoms with Crippen LogP contribution in [0, 0.1) is 0 Å². The van der Waals surface area contributed by atoms with E-state index in [1.54, 1.807) is 6.07 Å². The lowest BCUT2D eigenvalue weighted by Gasteiger charge is -2.19. The summed E-state index contributed by atoms with van der Waals surface area (Å²) >= 11 is 0. The topological polar surface area (TPSA) is 38.3 Å². The quantitative estimate of drug-likeness (QED) is 0.823. The summed E-state index contributed by atoms with van der Waals surface area (Å²) in [6.07, 6.45) is 0. The second-order valence-corrected chi connectivity index (χ2v) is 6.33. The summed E-state index contributed by atoms with van der Waals surface area (Å²) in [5.74, 6) is 0.783. The highest BCUT2D eigenvalue weighted by molar-refractivity contribution is 5.98. The highest BCUT2D eigenvalue weighted by atomic mass is 16.5. The van der Waals surface area contributed by atoms with Crippen molar-refractivity contribution in [1.82, 2.24) is 5.32 Å². The van der Waals surface area contributed by atoms with Crippen LogP contribution in [0.5, 0.6) is 5.75 Å². The Bertz CT molecular complexity index is 615. The fourth-order valence-corrected chi connectivity index (χ4v) is 1.95. The molecule has 2 aromatic rings. The van der Waals surface area contributed by atoms with Crippen LogP contribution in [0.25, 0.3) is 0 Å². The molecule has 0 aliphatic heterocycles. The molecule has 0 amide bonds. The van der Waals surface area contributed by atoms with E-state index in [0.717, 1.165) is 5.56 Å². The zero-order chi connectivity index (χ0) is 16.0. The molecule has 0 saturated carbocycles. The van der Waals surface area contributed by atoms with Crippen LogP contribution in [-0.2, 0) is 6.61 Å². The summed E-state index contributed by atoms with van der Waals surface area (Å²) in [4.78, 5) is 12.2. The summed E-state index contributed by atoms with van der Waals surface area (Å²) in [6, 6.07) is 17.3. The summed E-state index contributed by atoms with van der Waals surface area (Å²) in [6.45, 7) is 6.95. The number of ketones is 1. The molecule has 0 radical (unpaired) electrons. The summed E-state index contributed by atoms with van der Waals surface area (Å²) in [5, 5.41) is 3.21. The van der Waals surface area contributed by atoms with E-state index in [9.17, 15) is 4.79 Å². The Labute approximate surface area is 132 Å². The lowest BCUT2D eigenvalue weighted by Crippen LogP contribution is -2.39. The summed E-state index contributed by atoms with van der Waals surface area (Å²) < 4.78 is 5.76. The summed E-state index contributed by atoms with van der Waals surface area (Å²) in [5.41, 5.74) is 1.70. The fraction of sp³-hybridized carbons (Fsp3) is 0.316. The van der Waals surface area contributed by atoms with Crippen molar-refractivity contribution in [3.63, 3.8) is 0 Å². The van der Waals surface area contributed by atoms with Gasteiger partial charge in [0.2, 0.25) is 0 Å². The minimum Gasteiger partial charge on any atom is -0.489 e. The van der Waals surface area contributed by atoms with Gasteiger partial charge in [-0.1, -0.05) is 42.5 Å². The monoisotopic (exact) mass is 297 g/mol. The van der Waals surface area contributed by atoms with Gasteiger partial charge in [0, 0.05) is 11.1 Å². The first-order valence-electron chi connectivity index (χ1n) is 7.49. The molecule has 0 aromatic heterocycles. The van der Waals surface area contributed by atoms with Gasteiger partial charge >= 0.3 is 0 Å². The molecular weight excluding hydrogens is 274 g/mol. The number of ether oxygens (including phenoxy) is 1. The largest absolute Gasteiger partial charge is 0.489 e. The lowest BCUT2D eigenvalue weighted by molar-refractivity contribution is 0.0981. The van der Waals surface area contributed by atoms with E-state index in [1.165, 1.54) is 0 Å². The first kappa shape index (κ1) is 16.2. The highest BCUT2D eigenvalue weighted by Crippen LogP contribution is 2.16. The Morgan fingerprint density at radius 2 is 1.77 bits per heavy atom. The molecule has 0 spiro atoms. The third-order valence-electron chi connectivity index (χ3n) is 3.18. The van der Waals surface area contributed by atoms with Crippen LogP contribution in [0.1, 0.15) is 36.7 Å². The molecule has 2 aromatic carbocycles. The van der Waals surface area contributed by atoms with Gasteiger partial charge in [0.15, 0.2) is 5.78 Å². The molecule has 1 N–H and O–H groups in total. The van der Waals surface area contributed by atoms with Gasteiger partial charge in [0.05, 0.1) is 6.54 Å². The van der Waals surface area contributed by atoms with Gasteiger partial charge in [-0.25, -0.2) is 0 Å². The van der Waals surface area contributed by atoms with Gasteiger partial charge in [-0.3, -0.25) is 4.79 Å². The predicted molar refractivity (Wildman–Crippen MR) is 89.3 cm³/mol. The first-order valence-corrected chi connectivity index (χ1v) is 7.49. The fourth-order valence-electron chi connectivity index (χ4n) is 1.95. The predicted octanol–water partition coefficient (Wildman–Crippen LogP) is 3.84.